The third-order valence-corrected chi connectivity index (χ3v) is 3.60. The van der Waals surface area contributed by atoms with E-state index < -0.39 is 0 Å². The Kier molecular flexibility index (Phi) is 5.02. The average Bonchev–Trinajstić information content (AvgIpc) is 2.44. The van der Waals surface area contributed by atoms with Crippen molar-refractivity contribution in [2.24, 2.45) is 0 Å². The van der Waals surface area contributed by atoms with Gasteiger partial charge in [0.05, 0.1) is 26.1 Å². The van der Waals surface area contributed by atoms with Gasteiger partial charge in [-0.15, -0.1) is 0 Å². The molecule has 21 heavy (non-hydrogen) atoms. The van der Waals surface area contributed by atoms with E-state index in [0.717, 1.165) is 47.3 Å². The van der Waals surface area contributed by atoms with Crippen LogP contribution in [0.1, 0.15) is 31.0 Å². The summed E-state index contributed by atoms with van der Waals surface area (Å²) in [6, 6.07) is 5.84. The average molecular weight is 290 g/mol. The van der Waals surface area contributed by atoms with Crippen molar-refractivity contribution in [3.8, 4) is 11.5 Å². The molecule has 2 aromatic rings. The molecule has 0 bridgehead atoms. The maximum absolute atomic E-state index is 10.6. The van der Waals surface area contributed by atoms with Crippen LogP contribution in [-0.2, 0) is 6.54 Å². The lowest BCUT2D eigenvalue weighted by atomic mass is 10.1. The van der Waals surface area contributed by atoms with E-state index >= 15 is 0 Å². The summed E-state index contributed by atoms with van der Waals surface area (Å²) in [6.45, 7) is 5.64. The number of aromatic amines is 1. The summed E-state index contributed by atoms with van der Waals surface area (Å²) in [5.74, 6) is 1.18. The maximum atomic E-state index is 10.6. The van der Waals surface area contributed by atoms with Crippen molar-refractivity contribution >= 4 is 10.9 Å². The lowest BCUT2D eigenvalue weighted by molar-refractivity contribution is -0.873. The fraction of sp³-hybridized carbons (Fsp3) is 0.471. The topological polar surface area (TPSA) is 48.0 Å². The fourth-order valence-corrected chi connectivity index (χ4v) is 2.44. The van der Waals surface area contributed by atoms with Gasteiger partial charge in [0.25, 0.3) is 0 Å². The highest BCUT2D eigenvalue weighted by Crippen LogP contribution is 2.30. The second kappa shape index (κ2) is 6.76. The second-order valence-corrected chi connectivity index (χ2v) is 5.87. The molecule has 0 saturated carbocycles. The summed E-state index contributed by atoms with van der Waals surface area (Å²) < 4.78 is 5.73. The molecule has 0 spiro atoms. The number of fused-ring (bicyclic) bond motifs is 1. The van der Waals surface area contributed by atoms with Crippen molar-refractivity contribution in [2.45, 2.75) is 33.2 Å². The largest absolute Gasteiger partial charge is 0.506 e. The van der Waals surface area contributed by atoms with Crippen LogP contribution in [0.15, 0.2) is 18.2 Å². The van der Waals surface area contributed by atoms with E-state index in [4.69, 9.17) is 4.74 Å². The predicted octanol–water partition coefficient (Wildman–Crippen LogP) is 1.49. The van der Waals surface area contributed by atoms with Crippen molar-refractivity contribution in [2.75, 3.05) is 20.7 Å². The monoisotopic (exact) mass is 290 g/mol. The number of hydrogen-bond acceptors (Lipinski definition) is 2. The zero-order chi connectivity index (χ0) is 15.4. The number of ether oxygens (including phenoxy) is 1. The molecule has 2 rings (SSSR count). The number of benzene rings is 1. The molecule has 0 saturated heterocycles. The third-order valence-electron chi connectivity index (χ3n) is 3.60. The van der Waals surface area contributed by atoms with Crippen LogP contribution in [0.5, 0.6) is 11.5 Å². The van der Waals surface area contributed by atoms with Crippen molar-refractivity contribution in [1.29, 1.82) is 0 Å². The summed E-state index contributed by atoms with van der Waals surface area (Å²) in [4.78, 5) is 4.64. The highest BCUT2D eigenvalue weighted by atomic mass is 16.5. The predicted molar refractivity (Wildman–Crippen MR) is 83.8 cm³/mol. The Morgan fingerprint density at radius 1 is 1.29 bits per heavy atom. The fourth-order valence-electron chi connectivity index (χ4n) is 2.44. The summed E-state index contributed by atoms with van der Waals surface area (Å²) in [5.41, 5.74) is 2.92. The molecule has 0 aliphatic rings. The number of quaternary nitrogens is 1. The number of H-pyrrole nitrogens is 1. The summed E-state index contributed by atoms with van der Waals surface area (Å²) in [5, 5.41) is 11.4. The summed E-state index contributed by atoms with van der Waals surface area (Å²) in [6.07, 6.45) is 2.15. The molecule has 0 aliphatic heterocycles. The van der Waals surface area contributed by atoms with Crippen LogP contribution in [0, 0.1) is 6.92 Å². The van der Waals surface area contributed by atoms with E-state index in [1.807, 2.05) is 25.1 Å². The van der Waals surface area contributed by atoms with Crippen LogP contribution in [0.25, 0.3) is 10.9 Å². The quantitative estimate of drug-likeness (QED) is 0.792. The lowest BCUT2D eigenvalue weighted by Gasteiger charge is -2.11. The number of nitrogens with one attached hydrogen (secondary N) is 2. The number of pyridine rings is 1. The van der Waals surface area contributed by atoms with Crippen LogP contribution < -0.4 is 14.6 Å². The van der Waals surface area contributed by atoms with Crippen LogP contribution in [0.2, 0.25) is 0 Å². The van der Waals surface area contributed by atoms with Gasteiger partial charge >= 0.3 is 0 Å². The molecule has 1 heterocycles. The molecule has 0 amide bonds. The van der Waals surface area contributed by atoms with E-state index in [9.17, 15) is 5.11 Å². The Balaban J connectivity index is 2.40. The van der Waals surface area contributed by atoms with Gasteiger partial charge in [-0.2, -0.15) is 0 Å². The van der Waals surface area contributed by atoms with Gasteiger partial charge in [-0.05, 0) is 18.6 Å². The first-order chi connectivity index (χ1) is 10.0. The minimum Gasteiger partial charge on any atom is -0.506 e. The highest BCUT2D eigenvalue weighted by Gasteiger charge is 2.19. The van der Waals surface area contributed by atoms with Crippen molar-refractivity contribution < 1.29 is 19.7 Å². The molecule has 0 unspecified atom stereocenters. The Labute approximate surface area is 126 Å². The Bertz CT molecular complexity index is 624. The van der Waals surface area contributed by atoms with Gasteiger partial charge in [0.15, 0.2) is 5.69 Å². The molecule has 1 aromatic carbocycles. The molecule has 0 radical (unpaired) electrons. The molecule has 4 heteroatoms. The van der Waals surface area contributed by atoms with E-state index in [1.165, 1.54) is 4.90 Å². The summed E-state index contributed by atoms with van der Waals surface area (Å²) >= 11 is 0. The number of aromatic hydroxyl groups is 1. The molecule has 114 valence electrons. The van der Waals surface area contributed by atoms with Gasteiger partial charge in [0.2, 0.25) is 5.52 Å². The molecule has 0 aliphatic carbocycles. The van der Waals surface area contributed by atoms with E-state index in [1.54, 1.807) is 0 Å². The first-order valence-corrected chi connectivity index (χ1v) is 7.62. The number of hydrogen-bond donors (Lipinski definition) is 2. The molecule has 0 atom stereocenters. The smallest absolute Gasteiger partial charge is 0.215 e. The van der Waals surface area contributed by atoms with Gasteiger partial charge < -0.3 is 14.7 Å². The Morgan fingerprint density at radius 3 is 2.71 bits per heavy atom. The van der Waals surface area contributed by atoms with Gasteiger partial charge in [0, 0.05) is 13.0 Å². The number of aryl methyl sites for hydroxylation is 1. The van der Waals surface area contributed by atoms with Crippen molar-refractivity contribution in [3.63, 3.8) is 0 Å². The maximum Gasteiger partial charge on any atom is 0.215 e. The standard InChI is InChI=1S/C17H24N2O2/c1-5-6-9-21-13-7-8-16-14(10-13)17(20)15(11-19(3)4)12(2)18-16/h7-8,10H,5-6,9,11H2,1-4H3,(H,18,20)/p+2. The third kappa shape index (κ3) is 3.64. The van der Waals surface area contributed by atoms with Crippen LogP contribution in [-0.4, -0.2) is 25.8 Å². The Hall–Kier alpha value is -1.81. The number of aromatic nitrogens is 1. The van der Waals surface area contributed by atoms with Gasteiger partial charge in [-0.1, -0.05) is 13.3 Å². The number of unbranched alkanes of at least 4 members (excludes halogenated alkanes) is 1. The molecule has 3 N–H and O–H groups in total. The van der Waals surface area contributed by atoms with Gasteiger partial charge in [-0.25, -0.2) is 4.98 Å². The zero-order valence-corrected chi connectivity index (χ0v) is 13.4. The normalized spacial score (nSPS) is 11.3. The van der Waals surface area contributed by atoms with E-state index in [-0.39, 0.29) is 0 Å². The second-order valence-electron chi connectivity index (χ2n) is 5.87. The van der Waals surface area contributed by atoms with Crippen molar-refractivity contribution in [1.82, 2.24) is 0 Å². The molecular formula is C17H26N2O2+2. The van der Waals surface area contributed by atoms with E-state index in [2.05, 4.69) is 26.0 Å². The minimum absolute atomic E-state index is 0.364. The molecule has 0 fully saturated rings. The van der Waals surface area contributed by atoms with Crippen LogP contribution >= 0.6 is 0 Å². The first-order valence-electron chi connectivity index (χ1n) is 7.62. The Morgan fingerprint density at radius 2 is 2.05 bits per heavy atom. The molecule has 1 aromatic heterocycles. The number of rotatable bonds is 6. The van der Waals surface area contributed by atoms with Crippen LogP contribution in [0.3, 0.4) is 0 Å². The molecule has 4 nitrogen and oxygen atoms in total. The highest BCUT2D eigenvalue weighted by molar-refractivity contribution is 5.84. The van der Waals surface area contributed by atoms with Crippen LogP contribution in [0.4, 0.5) is 0 Å². The lowest BCUT2D eigenvalue weighted by Crippen LogP contribution is -3.04. The minimum atomic E-state index is 0.364. The zero-order valence-electron chi connectivity index (χ0n) is 13.4. The summed E-state index contributed by atoms with van der Waals surface area (Å²) in [7, 11) is 4.15. The van der Waals surface area contributed by atoms with E-state index in [0.29, 0.717) is 12.4 Å². The van der Waals surface area contributed by atoms with Gasteiger partial charge in [-0.3, -0.25) is 0 Å². The molecular weight excluding hydrogens is 264 g/mol. The SMILES string of the molecule is CCCCOc1ccc2[nH+]c(C)c(C[NH+](C)C)c(O)c2c1. The van der Waals surface area contributed by atoms with Crippen molar-refractivity contribution in [3.05, 3.63) is 29.5 Å². The van der Waals surface area contributed by atoms with Gasteiger partial charge in [0.1, 0.15) is 23.6 Å². The first kappa shape index (κ1) is 15.6.